The van der Waals surface area contributed by atoms with Crippen molar-refractivity contribution in [1.82, 2.24) is 0 Å². The third-order valence-electron chi connectivity index (χ3n) is 2.37. The first-order valence-electron chi connectivity index (χ1n) is 5.97. The van der Waals surface area contributed by atoms with Gasteiger partial charge in [0, 0.05) is 0 Å². The molecule has 1 atom stereocenters. The average Bonchev–Trinajstić information content (AvgIpc) is 2.39. The third-order valence-corrected chi connectivity index (χ3v) is 3.80. The first-order valence-corrected chi connectivity index (χ1v) is 7.45. The van der Waals surface area contributed by atoms with E-state index >= 15 is 0 Å². The number of benzene rings is 1. The summed E-state index contributed by atoms with van der Waals surface area (Å²) >= 11 is 0. The predicted octanol–water partition coefficient (Wildman–Crippen LogP) is 2.95. The normalized spacial score (nSPS) is 13.5. The number of hydrogen-bond acceptors (Lipinski definition) is 4. The van der Waals surface area contributed by atoms with Crippen LogP contribution >= 0.6 is 0 Å². The van der Waals surface area contributed by atoms with Crippen molar-refractivity contribution in [2.45, 2.75) is 24.7 Å². The third kappa shape index (κ3) is 4.50. The molecule has 0 aliphatic rings. The van der Waals surface area contributed by atoms with Gasteiger partial charge in [-0.3, -0.25) is 8.98 Å². The fourth-order valence-electron chi connectivity index (χ4n) is 1.37. The predicted molar refractivity (Wildman–Crippen MR) is 75.3 cm³/mol. The second-order valence-electron chi connectivity index (χ2n) is 3.87. The molecule has 0 spiro atoms. The zero-order valence-electron chi connectivity index (χ0n) is 10.8. The van der Waals surface area contributed by atoms with Gasteiger partial charge >= 0.3 is 0 Å². The SMILES string of the molecule is C=CC(=O)Nc1ccccc1S(=N)(=O)OCCCC. The minimum Gasteiger partial charge on any atom is -0.321 e. The molecule has 104 valence electrons. The van der Waals surface area contributed by atoms with Gasteiger partial charge in [0.05, 0.1) is 17.2 Å². The summed E-state index contributed by atoms with van der Waals surface area (Å²) in [5, 5.41) is 2.52. The maximum Gasteiger partial charge on any atom is 0.247 e. The summed E-state index contributed by atoms with van der Waals surface area (Å²) in [4.78, 5) is 11.5. The van der Waals surface area contributed by atoms with Crippen LogP contribution in [0.3, 0.4) is 0 Å². The fraction of sp³-hybridized carbons (Fsp3) is 0.308. The van der Waals surface area contributed by atoms with Gasteiger partial charge in [-0.2, -0.15) is 0 Å². The summed E-state index contributed by atoms with van der Waals surface area (Å²) in [5.41, 5.74) is 0.309. The molecule has 0 fully saturated rings. The molecular weight excluding hydrogens is 264 g/mol. The molecular formula is C13H18N2O3S. The lowest BCUT2D eigenvalue weighted by molar-refractivity contribution is -0.111. The molecule has 2 N–H and O–H groups in total. The highest BCUT2D eigenvalue weighted by atomic mass is 32.2. The molecule has 0 aliphatic heterocycles. The Morgan fingerprint density at radius 1 is 1.53 bits per heavy atom. The summed E-state index contributed by atoms with van der Waals surface area (Å²) in [7, 11) is -3.37. The zero-order chi connectivity index (χ0) is 14.3. The van der Waals surface area contributed by atoms with Crippen LogP contribution < -0.4 is 5.32 Å². The summed E-state index contributed by atoms with van der Waals surface area (Å²) in [6.45, 7) is 5.58. The van der Waals surface area contributed by atoms with Crippen molar-refractivity contribution in [1.29, 1.82) is 4.78 Å². The Morgan fingerprint density at radius 3 is 2.84 bits per heavy atom. The first kappa shape index (κ1) is 15.4. The van der Waals surface area contributed by atoms with Crippen molar-refractivity contribution >= 4 is 21.6 Å². The standard InChI is InChI=1S/C13H18N2O3S/c1-3-5-10-18-19(14,17)12-9-7-6-8-11(12)15-13(16)4-2/h4,6-9,14H,2-3,5,10H2,1H3,(H,15,16). The van der Waals surface area contributed by atoms with Crippen LogP contribution in [0.2, 0.25) is 0 Å². The summed E-state index contributed by atoms with van der Waals surface area (Å²) in [6.07, 6.45) is 2.74. The molecule has 1 aromatic carbocycles. The Bertz CT molecular complexity index is 553. The van der Waals surface area contributed by atoms with E-state index in [1.165, 1.54) is 6.07 Å². The lowest BCUT2D eigenvalue weighted by Crippen LogP contribution is -2.13. The maximum absolute atomic E-state index is 12.2. The van der Waals surface area contributed by atoms with E-state index < -0.39 is 15.9 Å². The number of carbonyl (C=O) groups is 1. The molecule has 19 heavy (non-hydrogen) atoms. The van der Waals surface area contributed by atoms with Crippen LogP contribution in [0.15, 0.2) is 41.8 Å². The van der Waals surface area contributed by atoms with Crippen molar-refractivity contribution in [3.8, 4) is 0 Å². The number of amides is 1. The number of unbranched alkanes of at least 4 members (excludes halogenated alkanes) is 1. The van der Waals surface area contributed by atoms with Gasteiger partial charge < -0.3 is 5.32 Å². The second kappa shape index (κ2) is 7.06. The van der Waals surface area contributed by atoms with Crippen LogP contribution in [-0.2, 0) is 19.0 Å². The second-order valence-corrected chi connectivity index (χ2v) is 5.55. The highest BCUT2D eigenvalue weighted by Crippen LogP contribution is 2.23. The van der Waals surface area contributed by atoms with E-state index in [1.54, 1.807) is 18.2 Å². The van der Waals surface area contributed by atoms with Crippen molar-refractivity contribution in [3.05, 3.63) is 36.9 Å². The molecule has 1 unspecified atom stereocenters. The maximum atomic E-state index is 12.2. The van der Waals surface area contributed by atoms with E-state index in [9.17, 15) is 9.00 Å². The van der Waals surface area contributed by atoms with E-state index in [2.05, 4.69) is 11.9 Å². The number of anilines is 1. The van der Waals surface area contributed by atoms with Crippen molar-refractivity contribution < 1.29 is 13.2 Å². The van der Waals surface area contributed by atoms with Gasteiger partial charge in [0.2, 0.25) is 5.91 Å². The van der Waals surface area contributed by atoms with Crippen molar-refractivity contribution in [2.24, 2.45) is 0 Å². The van der Waals surface area contributed by atoms with Crippen molar-refractivity contribution in [2.75, 3.05) is 11.9 Å². The van der Waals surface area contributed by atoms with E-state index in [1.807, 2.05) is 6.92 Å². The highest BCUT2D eigenvalue weighted by molar-refractivity contribution is 7.88. The first-order chi connectivity index (χ1) is 9.01. The van der Waals surface area contributed by atoms with Crippen LogP contribution in [0.5, 0.6) is 0 Å². The topological polar surface area (TPSA) is 79.3 Å². The quantitative estimate of drug-likeness (QED) is 0.596. The van der Waals surface area contributed by atoms with Gasteiger partial charge in [-0.05, 0) is 24.6 Å². The van der Waals surface area contributed by atoms with Gasteiger partial charge in [0.25, 0.3) is 0 Å². The Labute approximate surface area is 113 Å². The lowest BCUT2D eigenvalue weighted by Gasteiger charge is -2.12. The average molecular weight is 282 g/mol. The molecule has 0 aromatic heterocycles. The molecule has 0 radical (unpaired) electrons. The minimum absolute atomic E-state index is 0.168. The molecule has 0 aliphatic carbocycles. The Morgan fingerprint density at radius 2 is 2.21 bits per heavy atom. The number of rotatable bonds is 7. The molecule has 0 saturated heterocycles. The van der Waals surface area contributed by atoms with Crippen LogP contribution in [0.25, 0.3) is 0 Å². The molecule has 1 aromatic rings. The largest absolute Gasteiger partial charge is 0.321 e. The fourth-order valence-corrected chi connectivity index (χ4v) is 2.52. The Kier molecular flexibility index (Phi) is 5.72. The minimum atomic E-state index is -3.37. The van der Waals surface area contributed by atoms with Gasteiger partial charge in [0.15, 0.2) is 10.0 Å². The molecule has 6 heteroatoms. The number of para-hydroxylation sites is 1. The summed E-state index contributed by atoms with van der Waals surface area (Å²) in [5.74, 6) is -0.420. The smallest absolute Gasteiger partial charge is 0.247 e. The molecule has 5 nitrogen and oxygen atoms in total. The molecule has 0 saturated carbocycles. The summed E-state index contributed by atoms with van der Waals surface area (Å²) in [6, 6.07) is 6.42. The van der Waals surface area contributed by atoms with Crippen molar-refractivity contribution in [3.63, 3.8) is 0 Å². The van der Waals surface area contributed by atoms with E-state index in [0.29, 0.717) is 5.69 Å². The van der Waals surface area contributed by atoms with E-state index in [4.69, 9.17) is 8.96 Å². The lowest BCUT2D eigenvalue weighted by atomic mass is 10.3. The number of carbonyl (C=O) groups excluding carboxylic acids is 1. The van der Waals surface area contributed by atoms with Crippen LogP contribution in [-0.4, -0.2) is 16.7 Å². The van der Waals surface area contributed by atoms with E-state index in [-0.39, 0.29) is 11.5 Å². The zero-order valence-corrected chi connectivity index (χ0v) is 11.7. The van der Waals surface area contributed by atoms with Crippen LogP contribution in [0, 0.1) is 4.78 Å². The monoisotopic (exact) mass is 282 g/mol. The van der Waals surface area contributed by atoms with Gasteiger partial charge in [-0.15, -0.1) is 0 Å². The highest BCUT2D eigenvalue weighted by Gasteiger charge is 2.16. The van der Waals surface area contributed by atoms with Gasteiger partial charge in [0.1, 0.15) is 0 Å². The summed E-state index contributed by atoms with van der Waals surface area (Å²) < 4.78 is 25.2. The molecule has 1 rings (SSSR count). The van der Waals surface area contributed by atoms with E-state index in [0.717, 1.165) is 18.9 Å². The van der Waals surface area contributed by atoms with Crippen LogP contribution in [0.4, 0.5) is 5.69 Å². The number of hydrogen-bond donors (Lipinski definition) is 2. The molecule has 0 bridgehead atoms. The van der Waals surface area contributed by atoms with Gasteiger partial charge in [-0.25, -0.2) is 8.99 Å². The Balaban J connectivity index is 2.98. The molecule has 1 amide bonds. The number of nitrogens with one attached hydrogen (secondary N) is 2. The van der Waals surface area contributed by atoms with Gasteiger partial charge in [-0.1, -0.05) is 32.1 Å². The molecule has 0 heterocycles. The van der Waals surface area contributed by atoms with Crippen LogP contribution in [0.1, 0.15) is 19.8 Å². The Hall–Kier alpha value is -1.66.